The number of rotatable bonds is 1. The Labute approximate surface area is 90.4 Å². The highest BCUT2D eigenvalue weighted by Crippen LogP contribution is 2.14. The first kappa shape index (κ1) is 8.84. The molecule has 0 bridgehead atoms. The highest BCUT2D eigenvalue weighted by Gasteiger charge is 2.04. The standard InChI is InChI=1S/C11H8N4O/c16-11-5-10(12-6-13-11)15-7-14-8-3-1-2-4-9(8)15/h1-7H,(H,12,13,16). The van der Waals surface area contributed by atoms with Gasteiger partial charge in [0.25, 0.3) is 5.56 Å². The molecule has 0 aliphatic rings. The summed E-state index contributed by atoms with van der Waals surface area (Å²) in [6.45, 7) is 0. The van der Waals surface area contributed by atoms with Crippen LogP contribution in [0, 0.1) is 0 Å². The Balaban J connectivity index is 2.30. The molecule has 0 radical (unpaired) electrons. The number of aromatic nitrogens is 4. The Morgan fingerprint density at radius 3 is 2.94 bits per heavy atom. The van der Waals surface area contributed by atoms with Gasteiger partial charge in [-0.1, -0.05) is 12.1 Å². The van der Waals surface area contributed by atoms with Gasteiger partial charge in [0.1, 0.15) is 12.1 Å². The number of fused-ring (bicyclic) bond motifs is 1. The van der Waals surface area contributed by atoms with Crippen LogP contribution in [0.15, 0.2) is 47.8 Å². The van der Waals surface area contributed by atoms with E-state index >= 15 is 0 Å². The normalized spacial score (nSPS) is 10.8. The molecule has 78 valence electrons. The highest BCUT2D eigenvalue weighted by atomic mass is 16.1. The van der Waals surface area contributed by atoms with Crippen LogP contribution < -0.4 is 5.56 Å². The van der Waals surface area contributed by atoms with Crippen molar-refractivity contribution >= 4 is 11.0 Å². The van der Waals surface area contributed by atoms with Gasteiger partial charge in [0.05, 0.1) is 17.4 Å². The lowest BCUT2D eigenvalue weighted by Crippen LogP contribution is -2.08. The van der Waals surface area contributed by atoms with Crippen molar-refractivity contribution in [1.82, 2.24) is 19.5 Å². The van der Waals surface area contributed by atoms with Crippen molar-refractivity contribution < 1.29 is 0 Å². The van der Waals surface area contributed by atoms with E-state index in [2.05, 4.69) is 15.0 Å². The maximum absolute atomic E-state index is 11.2. The van der Waals surface area contributed by atoms with Crippen LogP contribution in [0.4, 0.5) is 0 Å². The Bertz CT molecular complexity index is 698. The van der Waals surface area contributed by atoms with E-state index in [9.17, 15) is 4.79 Å². The Morgan fingerprint density at radius 1 is 1.19 bits per heavy atom. The summed E-state index contributed by atoms with van der Waals surface area (Å²) >= 11 is 0. The molecule has 3 aromatic rings. The third-order valence-corrected chi connectivity index (χ3v) is 2.36. The van der Waals surface area contributed by atoms with E-state index in [4.69, 9.17) is 0 Å². The van der Waals surface area contributed by atoms with E-state index in [-0.39, 0.29) is 5.56 Å². The predicted molar refractivity (Wildman–Crippen MR) is 59.5 cm³/mol. The number of benzene rings is 1. The van der Waals surface area contributed by atoms with Gasteiger partial charge in [0.2, 0.25) is 0 Å². The number of nitrogens with zero attached hydrogens (tertiary/aromatic N) is 3. The zero-order valence-corrected chi connectivity index (χ0v) is 8.29. The smallest absolute Gasteiger partial charge is 0.252 e. The van der Waals surface area contributed by atoms with Crippen molar-refractivity contribution in [3.8, 4) is 5.82 Å². The van der Waals surface area contributed by atoms with Gasteiger partial charge in [-0.15, -0.1) is 0 Å². The second kappa shape index (κ2) is 3.30. The quantitative estimate of drug-likeness (QED) is 0.657. The molecule has 16 heavy (non-hydrogen) atoms. The monoisotopic (exact) mass is 212 g/mol. The minimum absolute atomic E-state index is 0.178. The summed E-state index contributed by atoms with van der Waals surface area (Å²) in [7, 11) is 0. The lowest BCUT2D eigenvalue weighted by molar-refractivity contribution is 0.980. The topological polar surface area (TPSA) is 63.6 Å². The fourth-order valence-corrected chi connectivity index (χ4v) is 1.63. The molecule has 0 unspecified atom stereocenters. The summed E-state index contributed by atoms with van der Waals surface area (Å²) in [4.78, 5) is 22.0. The summed E-state index contributed by atoms with van der Waals surface area (Å²) in [5.74, 6) is 0.567. The molecule has 0 aliphatic heterocycles. The molecule has 1 N–H and O–H groups in total. The van der Waals surface area contributed by atoms with Gasteiger partial charge in [0.15, 0.2) is 0 Å². The first-order valence-corrected chi connectivity index (χ1v) is 4.82. The molecule has 0 saturated heterocycles. The zero-order chi connectivity index (χ0) is 11.0. The second-order valence-electron chi connectivity index (χ2n) is 3.37. The lowest BCUT2D eigenvalue weighted by Gasteiger charge is -2.00. The van der Waals surface area contributed by atoms with Crippen LogP contribution >= 0.6 is 0 Å². The van der Waals surface area contributed by atoms with Crippen molar-refractivity contribution in [2.75, 3.05) is 0 Å². The molecule has 0 amide bonds. The van der Waals surface area contributed by atoms with Crippen LogP contribution in [-0.2, 0) is 0 Å². The molecule has 3 rings (SSSR count). The van der Waals surface area contributed by atoms with Crippen LogP contribution in [-0.4, -0.2) is 19.5 Å². The van der Waals surface area contributed by atoms with Crippen molar-refractivity contribution in [3.63, 3.8) is 0 Å². The maximum atomic E-state index is 11.2. The van der Waals surface area contributed by atoms with Gasteiger partial charge in [-0.3, -0.25) is 9.36 Å². The summed E-state index contributed by atoms with van der Waals surface area (Å²) < 4.78 is 1.78. The van der Waals surface area contributed by atoms with Gasteiger partial charge in [0, 0.05) is 6.07 Å². The Kier molecular flexibility index (Phi) is 1.83. The average Bonchev–Trinajstić information content (AvgIpc) is 2.72. The van der Waals surface area contributed by atoms with Crippen LogP contribution in [0.25, 0.3) is 16.9 Å². The van der Waals surface area contributed by atoms with E-state index in [1.165, 1.54) is 12.4 Å². The van der Waals surface area contributed by atoms with Crippen molar-refractivity contribution in [1.29, 1.82) is 0 Å². The molecule has 5 heteroatoms. The third-order valence-electron chi connectivity index (χ3n) is 2.36. The summed E-state index contributed by atoms with van der Waals surface area (Å²) in [5, 5.41) is 0. The van der Waals surface area contributed by atoms with Crippen LogP contribution in [0.3, 0.4) is 0 Å². The Morgan fingerprint density at radius 2 is 2.06 bits per heavy atom. The first-order chi connectivity index (χ1) is 7.84. The molecular weight excluding hydrogens is 204 g/mol. The van der Waals surface area contributed by atoms with E-state index in [0.29, 0.717) is 5.82 Å². The van der Waals surface area contributed by atoms with Gasteiger partial charge >= 0.3 is 0 Å². The number of H-pyrrole nitrogens is 1. The summed E-state index contributed by atoms with van der Waals surface area (Å²) in [5.41, 5.74) is 1.63. The molecule has 0 saturated carbocycles. The van der Waals surface area contributed by atoms with Crippen molar-refractivity contribution in [3.05, 3.63) is 53.3 Å². The molecule has 5 nitrogen and oxygen atoms in total. The number of para-hydroxylation sites is 2. The van der Waals surface area contributed by atoms with Crippen LogP contribution in [0.1, 0.15) is 0 Å². The van der Waals surface area contributed by atoms with E-state index in [0.717, 1.165) is 11.0 Å². The van der Waals surface area contributed by atoms with Gasteiger partial charge in [-0.25, -0.2) is 9.97 Å². The molecular formula is C11H8N4O. The fraction of sp³-hybridized carbons (Fsp3) is 0. The van der Waals surface area contributed by atoms with Crippen molar-refractivity contribution in [2.24, 2.45) is 0 Å². The van der Waals surface area contributed by atoms with Gasteiger partial charge < -0.3 is 4.98 Å². The predicted octanol–water partition coefficient (Wildman–Crippen LogP) is 1.11. The largest absolute Gasteiger partial charge is 0.313 e. The van der Waals surface area contributed by atoms with Crippen LogP contribution in [0.5, 0.6) is 0 Å². The minimum Gasteiger partial charge on any atom is -0.313 e. The SMILES string of the molecule is O=c1cc(-n2cnc3ccccc32)nc[nH]1. The van der Waals surface area contributed by atoms with Gasteiger partial charge in [-0.2, -0.15) is 0 Å². The lowest BCUT2D eigenvalue weighted by atomic mass is 10.3. The molecule has 0 atom stereocenters. The number of aromatic amines is 1. The number of imidazole rings is 1. The summed E-state index contributed by atoms with van der Waals surface area (Å²) in [6, 6.07) is 9.14. The second-order valence-corrected chi connectivity index (χ2v) is 3.37. The number of nitrogens with one attached hydrogen (secondary N) is 1. The maximum Gasteiger partial charge on any atom is 0.252 e. The average molecular weight is 212 g/mol. The number of hydrogen-bond acceptors (Lipinski definition) is 3. The molecule has 2 heterocycles. The van der Waals surface area contributed by atoms with Crippen LogP contribution in [0.2, 0.25) is 0 Å². The van der Waals surface area contributed by atoms with E-state index in [1.807, 2.05) is 24.3 Å². The summed E-state index contributed by atoms with van der Waals surface area (Å²) in [6.07, 6.45) is 3.04. The number of hydrogen-bond donors (Lipinski definition) is 1. The van der Waals surface area contributed by atoms with E-state index in [1.54, 1.807) is 10.9 Å². The minimum atomic E-state index is -0.178. The molecule has 0 aliphatic carbocycles. The molecule has 2 aromatic heterocycles. The van der Waals surface area contributed by atoms with E-state index < -0.39 is 0 Å². The highest BCUT2D eigenvalue weighted by molar-refractivity contribution is 5.76. The zero-order valence-electron chi connectivity index (χ0n) is 8.29. The fourth-order valence-electron chi connectivity index (χ4n) is 1.63. The molecule has 1 aromatic carbocycles. The molecule has 0 spiro atoms. The third kappa shape index (κ3) is 1.30. The first-order valence-electron chi connectivity index (χ1n) is 4.82. The van der Waals surface area contributed by atoms with Gasteiger partial charge in [-0.05, 0) is 12.1 Å². The van der Waals surface area contributed by atoms with Crippen molar-refractivity contribution in [2.45, 2.75) is 0 Å². The Hall–Kier alpha value is -2.43. The molecule has 0 fully saturated rings.